The molecule has 1 aliphatic carbocycles. The quantitative estimate of drug-likeness (QED) is 0.862. The standard InChI is InChI=1S/C17H24N4O3S/c1-10(2)16(22)21-7-13-14(8-21)25(23,24)9-12-6-19-17(20-15(12)13)18-5-11-3-4-11/h6,10-11,13-14H,3-5,7-9H2,1-2H3,(H,18,19,20)/t13-,14+/m1/s1. The Morgan fingerprint density at radius 3 is 2.80 bits per heavy atom. The Hall–Kier alpha value is -1.70. The van der Waals surface area contributed by atoms with Crippen LogP contribution in [0.15, 0.2) is 6.20 Å². The van der Waals surface area contributed by atoms with Crippen molar-refractivity contribution in [3.63, 3.8) is 0 Å². The van der Waals surface area contributed by atoms with Gasteiger partial charge in [0.05, 0.1) is 16.7 Å². The zero-order chi connectivity index (χ0) is 17.8. The molecule has 7 nitrogen and oxygen atoms in total. The smallest absolute Gasteiger partial charge is 0.225 e. The molecule has 2 fully saturated rings. The van der Waals surface area contributed by atoms with Gasteiger partial charge in [0.15, 0.2) is 9.84 Å². The molecule has 0 bridgehead atoms. The van der Waals surface area contributed by atoms with E-state index in [1.165, 1.54) is 12.8 Å². The summed E-state index contributed by atoms with van der Waals surface area (Å²) >= 11 is 0. The fraction of sp³-hybridized carbons (Fsp3) is 0.706. The molecule has 2 aliphatic heterocycles. The normalized spacial score (nSPS) is 27.1. The summed E-state index contributed by atoms with van der Waals surface area (Å²) in [5.74, 6) is 0.864. The van der Waals surface area contributed by atoms with Gasteiger partial charge in [-0.25, -0.2) is 18.4 Å². The maximum Gasteiger partial charge on any atom is 0.225 e. The van der Waals surface area contributed by atoms with Crippen LogP contribution in [0, 0.1) is 11.8 Å². The number of rotatable bonds is 4. The summed E-state index contributed by atoms with van der Waals surface area (Å²) in [5.41, 5.74) is 1.48. The lowest BCUT2D eigenvalue weighted by Crippen LogP contribution is -2.36. The molecule has 0 radical (unpaired) electrons. The van der Waals surface area contributed by atoms with E-state index in [0.717, 1.165) is 12.2 Å². The summed E-state index contributed by atoms with van der Waals surface area (Å²) < 4.78 is 25.3. The Kier molecular flexibility index (Phi) is 3.97. The van der Waals surface area contributed by atoms with Crippen molar-refractivity contribution >= 4 is 21.7 Å². The van der Waals surface area contributed by atoms with Crippen molar-refractivity contribution in [3.8, 4) is 0 Å². The first kappa shape index (κ1) is 16.8. The Bertz CT molecular complexity index is 804. The Labute approximate surface area is 148 Å². The van der Waals surface area contributed by atoms with Gasteiger partial charge >= 0.3 is 0 Å². The summed E-state index contributed by atoms with van der Waals surface area (Å²) in [7, 11) is -3.29. The third kappa shape index (κ3) is 3.12. The molecule has 136 valence electrons. The topological polar surface area (TPSA) is 92.3 Å². The number of carbonyl (C=O) groups is 1. The average molecular weight is 364 g/mol. The second-order valence-electron chi connectivity index (χ2n) is 7.78. The summed E-state index contributed by atoms with van der Waals surface area (Å²) in [4.78, 5) is 23.0. The number of amides is 1. The minimum atomic E-state index is -3.29. The predicted molar refractivity (Wildman–Crippen MR) is 93.8 cm³/mol. The van der Waals surface area contributed by atoms with E-state index in [9.17, 15) is 13.2 Å². The van der Waals surface area contributed by atoms with Crippen LogP contribution < -0.4 is 5.32 Å². The monoisotopic (exact) mass is 364 g/mol. The number of hydrogen-bond donors (Lipinski definition) is 1. The second kappa shape index (κ2) is 5.93. The highest BCUT2D eigenvalue weighted by Crippen LogP contribution is 2.39. The molecule has 0 spiro atoms. The van der Waals surface area contributed by atoms with Gasteiger partial charge in [0.1, 0.15) is 0 Å². The van der Waals surface area contributed by atoms with Crippen LogP contribution in [0.2, 0.25) is 0 Å². The third-order valence-electron chi connectivity index (χ3n) is 5.38. The predicted octanol–water partition coefficient (Wildman–Crippen LogP) is 1.18. The number of sulfone groups is 1. The van der Waals surface area contributed by atoms with Gasteiger partial charge < -0.3 is 10.2 Å². The lowest BCUT2D eigenvalue weighted by Gasteiger charge is -2.26. The number of fused-ring (bicyclic) bond motifs is 3. The minimum absolute atomic E-state index is 0.00675. The highest BCUT2D eigenvalue weighted by Gasteiger charge is 2.48. The van der Waals surface area contributed by atoms with Crippen molar-refractivity contribution in [3.05, 3.63) is 17.5 Å². The van der Waals surface area contributed by atoms with Gasteiger partial charge in [-0.15, -0.1) is 0 Å². The van der Waals surface area contributed by atoms with E-state index < -0.39 is 15.1 Å². The van der Waals surface area contributed by atoms with Gasteiger partial charge in [0.25, 0.3) is 0 Å². The average Bonchev–Trinajstić information content (AvgIpc) is 3.27. The summed E-state index contributed by atoms with van der Waals surface area (Å²) in [6.07, 6.45) is 4.12. The molecule has 1 saturated heterocycles. The van der Waals surface area contributed by atoms with E-state index in [4.69, 9.17) is 0 Å². The number of nitrogens with one attached hydrogen (secondary N) is 1. The number of aromatic nitrogens is 2. The van der Waals surface area contributed by atoms with Gasteiger partial charge in [-0.3, -0.25) is 4.79 Å². The van der Waals surface area contributed by atoms with Crippen molar-refractivity contribution < 1.29 is 13.2 Å². The van der Waals surface area contributed by atoms with Crippen LogP contribution in [-0.4, -0.2) is 54.1 Å². The summed E-state index contributed by atoms with van der Waals surface area (Å²) in [6, 6.07) is 0. The van der Waals surface area contributed by atoms with Gasteiger partial charge in [-0.1, -0.05) is 13.8 Å². The highest BCUT2D eigenvalue weighted by atomic mass is 32.2. The maximum atomic E-state index is 12.7. The minimum Gasteiger partial charge on any atom is -0.354 e. The van der Waals surface area contributed by atoms with Crippen LogP contribution in [0.25, 0.3) is 0 Å². The van der Waals surface area contributed by atoms with Gasteiger partial charge in [-0.2, -0.15) is 0 Å². The van der Waals surface area contributed by atoms with Crippen molar-refractivity contribution in [2.24, 2.45) is 11.8 Å². The van der Waals surface area contributed by atoms with Crippen LogP contribution in [0.1, 0.15) is 43.9 Å². The third-order valence-corrected chi connectivity index (χ3v) is 7.50. The zero-order valence-electron chi connectivity index (χ0n) is 14.6. The Morgan fingerprint density at radius 1 is 1.36 bits per heavy atom. The van der Waals surface area contributed by atoms with E-state index in [1.54, 1.807) is 11.1 Å². The first-order valence-corrected chi connectivity index (χ1v) is 10.7. The summed E-state index contributed by atoms with van der Waals surface area (Å²) in [6.45, 7) is 5.25. The molecule has 0 aromatic carbocycles. The number of carbonyl (C=O) groups excluding carboxylic acids is 1. The van der Waals surface area contributed by atoms with Crippen LogP contribution in [0.4, 0.5) is 5.95 Å². The lowest BCUT2D eigenvalue weighted by atomic mass is 10.00. The fourth-order valence-electron chi connectivity index (χ4n) is 3.76. The second-order valence-corrected chi connectivity index (χ2v) is 10.00. The van der Waals surface area contributed by atoms with Gasteiger partial charge in [-0.05, 0) is 18.8 Å². The SMILES string of the molecule is CC(C)C(=O)N1C[C@H]2c3nc(NCC4CC4)ncc3CS(=O)(=O)[C@H]2C1. The van der Waals surface area contributed by atoms with Crippen LogP contribution >= 0.6 is 0 Å². The maximum absolute atomic E-state index is 12.7. The molecule has 3 heterocycles. The highest BCUT2D eigenvalue weighted by molar-refractivity contribution is 7.91. The largest absolute Gasteiger partial charge is 0.354 e. The number of nitrogens with zero attached hydrogens (tertiary/aromatic N) is 3. The van der Waals surface area contributed by atoms with Crippen molar-refractivity contribution in [2.75, 3.05) is 25.0 Å². The lowest BCUT2D eigenvalue weighted by molar-refractivity contribution is -0.133. The van der Waals surface area contributed by atoms with Gasteiger partial charge in [0.2, 0.25) is 11.9 Å². The molecule has 1 aromatic heterocycles. The summed E-state index contributed by atoms with van der Waals surface area (Å²) in [5, 5.41) is 2.71. The molecular formula is C17H24N4O3S. The zero-order valence-corrected chi connectivity index (χ0v) is 15.4. The van der Waals surface area contributed by atoms with E-state index in [-0.39, 0.29) is 30.0 Å². The molecule has 4 rings (SSSR count). The van der Waals surface area contributed by atoms with Gasteiger partial charge in [0, 0.05) is 43.2 Å². The van der Waals surface area contributed by atoms with Crippen LogP contribution in [0.3, 0.4) is 0 Å². The van der Waals surface area contributed by atoms with E-state index >= 15 is 0 Å². The number of anilines is 1. The van der Waals surface area contributed by atoms with E-state index in [1.807, 2.05) is 13.8 Å². The van der Waals surface area contributed by atoms with Crippen molar-refractivity contribution in [1.29, 1.82) is 0 Å². The fourth-order valence-corrected chi connectivity index (χ4v) is 5.76. The molecular weight excluding hydrogens is 340 g/mol. The number of likely N-dealkylation sites (tertiary alicyclic amines) is 1. The Morgan fingerprint density at radius 2 is 2.12 bits per heavy atom. The molecule has 0 unspecified atom stereocenters. The molecule has 1 saturated carbocycles. The van der Waals surface area contributed by atoms with Crippen LogP contribution in [0.5, 0.6) is 0 Å². The Balaban J connectivity index is 1.63. The molecule has 8 heteroatoms. The van der Waals surface area contributed by atoms with E-state index in [0.29, 0.717) is 24.0 Å². The molecule has 1 N–H and O–H groups in total. The van der Waals surface area contributed by atoms with Crippen molar-refractivity contribution in [2.45, 2.75) is 43.6 Å². The molecule has 2 atom stereocenters. The first-order valence-electron chi connectivity index (χ1n) is 8.95. The van der Waals surface area contributed by atoms with Crippen molar-refractivity contribution in [1.82, 2.24) is 14.9 Å². The molecule has 25 heavy (non-hydrogen) atoms. The number of hydrogen-bond acceptors (Lipinski definition) is 6. The molecule has 1 aromatic rings. The van der Waals surface area contributed by atoms with E-state index in [2.05, 4.69) is 15.3 Å². The molecule has 1 amide bonds. The first-order chi connectivity index (χ1) is 11.8. The van der Waals surface area contributed by atoms with Crippen LogP contribution in [-0.2, 0) is 20.4 Å². The molecule has 3 aliphatic rings.